The fraction of sp³-hybridized carbons (Fsp3) is 0.667. The van der Waals surface area contributed by atoms with Crippen LogP contribution in [0.1, 0.15) is 27.2 Å². The van der Waals surface area contributed by atoms with Crippen LogP contribution in [0.5, 0.6) is 0 Å². The van der Waals surface area contributed by atoms with Gasteiger partial charge in [-0.1, -0.05) is 6.08 Å². The summed E-state index contributed by atoms with van der Waals surface area (Å²) in [6, 6.07) is -0.437. The predicted molar refractivity (Wildman–Crippen MR) is 66.9 cm³/mol. The van der Waals surface area contributed by atoms with Crippen molar-refractivity contribution in [1.82, 2.24) is 9.80 Å². The van der Waals surface area contributed by atoms with Crippen molar-refractivity contribution < 1.29 is 14.7 Å². The number of carboxylic acids is 1. The molecule has 1 N–H and O–H groups in total. The molecule has 0 aliphatic heterocycles. The summed E-state index contributed by atoms with van der Waals surface area (Å²) in [5, 5.41) is 8.74. The first kappa shape index (κ1) is 15.5. The van der Waals surface area contributed by atoms with Gasteiger partial charge in [0.05, 0.1) is 6.42 Å². The number of likely N-dealkylation sites (N-methyl/N-ethyl adjacent to an activating group) is 1. The number of aliphatic carboxylic acids is 1. The Kier molecular flexibility index (Phi) is 7.02. The van der Waals surface area contributed by atoms with Gasteiger partial charge in [0.25, 0.3) is 0 Å². The monoisotopic (exact) mass is 242 g/mol. The molecule has 0 saturated carbocycles. The van der Waals surface area contributed by atoms with Crippen molar-refractivity contribution in [3.63, 3.8) is 0 Å². The van der Waals surface area contributed by atoms with E-state index in [1.165, 1.54) is 0 Å². The molecule has 0 aromatic carbocycles. The fourth-order valence-corrected chi connectivity index (χ4v) is 1.68. The molecular formula is C12H22N2O3. The topological polar surface area (TPSA) is 60.9 Å². The Balaban J connectivity index is 4.67. The van der Waals surface area contributed by atoms with Crippen molar-refractivity contribution in [3.05, 3.63) is 12.7 Å². The van der Waals surface area contributed by atoms with Gasteiger partial charge in [0.1, 0.15) is 0 Å². The maximum atomic E-state index is 12.1. The molecule has 98 valence electrons. The van der Waals surface area contributed by atoms with Crippen molar-refractivity contribution in [2.45, 2.75) is 33.2 Å². The van der Waals surface area contributed by atoms with Crippen LogP contribution in [0.2, 0.25) is 0 Å². The van der Waals surface area contributed by atoms with E-state index in [0.717, 1.165) is 0 Å². The number of hydrogen-bond acceptors (Lipinski definition) is 2. The van der Waals surface area contributed by atoms with E-state index in [4.69, 9.17) is 5.11 Å². The number of nitrogens with zero attached hydrogens (tertiary/aromatic N) is 2. The third-order valence-corrected chi connectivity index (χ3v) is 2.59. The number of carbonyl (C=O) groups excluding carboxylic acids is 1. The zero-order chi connectivity index (χ0) is 13.4. The van der Waals surface area contributed by atoms with Gasteiger partial charge in [-0.2, -0.15) is 0 Å². The van der Waals surface area contributed by atoms with Crippen LogP contribution in [-0.2, 0) is 4.79 Å². The Hall–Kier alpha value is -1.52. The summed E-state index contributed by atoms with van der Waals surface area (Å²) < 4.78 is 0. The first-order chi connectivity index (χ1) is 7.97. The second kappa shape index (κ2) is 7.70. The van der Waals surface area contributed by atoms with Crippen molar-refractivity contribution in [3.8, 4) is 0 Å². The normalized spacial score (nSPS) is 11.7. The summed E-state index contributed by atoms with van der Waals surface area (Å²) >= 11 is 0. The largest absolute Gasteiger partial charge is 0.481 e. The number of rotatable bonds is 7. The maximum Gasteiger partial charge on any atom is 0.320 e. The van der Waals surface area contributed by atoms with E-state index in [-0.39, 0.29) is 18.5 Å². The van der Waals surface area contributed by atoms with E-state index in [9.17, 15) is 9.59 Å². The Morgan fingerprint density at radius 1 is 1.35 bits per heavy atom. The highest BCUT2D eigenvalue weighted by Gasteiger charge is 2.23. The molecule has 0 aliphatic carbocycles. The summed E-state index contributed by atoms with van der Waals surface area (Å²) in [5.74, 6) is -0.893. The molecule has 0 heterocycles. The second-order valence-electron chi connectivity index (χ2n) is 3.84. The van der Waals surface area contributed by atoms with Crippen molar-refractivity contribution >= 4 is 12.0 Å². The third kappa shape index (κ3) is 4.89. The molecule has 0 saturated heterocycles. The smallest absolute Gasteiger partial charge is 0.320 e. The Morgan fingerprint density at radius 3 is 2.29 bits per heavy atom. The highest BCUT2D eigenvalue weighted by atomic mass is 16.4. The molecule has 0 aromatic rings. The second-order valence-corrected chi connectivity index (χ2v) is 3.84. The zero-order valence-corrected chi connectivity index (χ0v) is 10.8. The lowest BCUT2D eigenvalue weighted by molar-refractivity contribution is -0.138. The average molecular weight is 242 g/mol. The lowest BCUT2D eigenvalue weighted by Crippen LogP contribution is -2.47. The molecule has 5 nitrogen and oxygen atoms in total. The highest BCUT2D eigenvalue weighted by Crippen LogP contribution is 2.08. The predicted octanol–water partition coefficient (Wildman–Crippen LogP) is 1.80. The summed E-state index contributed by atoms with van der Waals surface area (Å²) in [6.45, 7) is 10.6. The van der Waals surface area contributed by atoms with Gasteiger partial charge in [0.2, 0.25) is 0 Å². The molecule has 0 aliphatic rings. The molecule has 2 amide bonds. The van der Waals surface area contributed by atoms with Crippen LogP contribution >= 0.6 is 0 Å². The van der Waals surface area contributed by atoms with Gasteiger partial charge >= 0.3 is 12.0 Å². The third-order valence-electron chi connectivity index (χ3n) is 2.59. The maximum absolute atomic E-state index is 12.1. The van der Waals surface area contributed by atoms with E-state index < -0.39 is 5.97 Å². The van der Waals surface area contributed by atoms with E-state index >= 15 is 0 Å². The van der Waals surface area contributed by atoms with E-state index in [1.54, 1.807) is 22.8 Å². The van der Waals surface area contributed by atoms with E-state index in [0.29, 0.717) is 19.6 Å². The molecule has 0 aromatic heterocycles. The van der Waals surface area contributed by atoms with Gasteiger partial charge in [-0.05, 0) is 20.8 Å². The molecule has 5 heteroatoms. The van der Waals surface area contributed by atoms with Gasteiger partial charge in [0.15, 0.2) is 0 Å². The first-order valence-corrected chi connectivity index (χ1v) is 5.86. The quantitative estimate of drug-likeness (QED) is 0.692. The molecule has 0 rings (SSSR count). The summed E-state index contributed by atoms with van der Waals surface area (Å²) in [4.78, 5) is 26.0. The standard InChI is InChI=1S/C12H22N2O3/c1-5-8-13(6-2)12(17)14(7-3)10(4)9-11(15)16/h5,10H,1,6-9H2,2-4H3,(H,15,16). The van der Waals surface area contributed by atoms with Crippen molar-refractivity contribution in [1.29, 1.82) is 0 Å². The minimum absolute atomic E-state index is 0.0365. The Labute approximate surface area is 103 Å². The van der Waals surface area contributed by atoms with Gasteiger partial charge in [-0.25, -0.2) is 4.79 Å². The van der Waals surface area contributed by atoms with Gasteiger partial charge < -0.3 is 14.9 Å². The van der Waals surface area contributed by atoms with Crippen LogP contribution in [-0.4, -0.2) is 52.6 Å². The van der Waals surface area contributed by atoms with Gasteiger partial charge in [0, 0.05) is 25.7 Å². The number of urea groups is 1. The number of hydrogen-bond donors (Lipinski definition) is 1. The van der Waals surface area contributed by atoms with Crippen molar-refractivity contribution in [2.24, 2.45) is 0 Å². The highest BCUT2D eigenvalue weighted by molar-refractivity contribution is 5.76. The molecule has 0 spiro atoms. The van der Waals surface area contributed by atoms with Crippen LogP contribution < -0.4 is 0 Å². The molecular weight excluding hydrogens is 220 g/mol. The Bertz CT molecular complexity index is 279. The molecule has 0 radical (unpaired) electrons. The van der Waals surface area contributed by atoms with Crippen LogP contribution in [0, 0.1) is 0 Å². The number of carboxylic acid groups (broad SMARTS) is 1. The summed E-state index contributed by atoms with van der Waals surface area (Å²) in [6.07, 6.45) is 1.63. The minimum atomic E-state index is -0.893. The summed E-state index contributed by atoms with van der Waals surface area (Å²) in [7, 11) is 0. The lowest BCUT2D eigenvalue weighted by Gasteiger charge is -2.32. The Morgan fingerprint density at radius 2 is 1.94 bits per heavy atom. The minimum Gasteiger partial charge on any atom is -0.481 e. The SMILES string of the molecule is C=CCN(CC)C(=O)N(CC)C(C)CC(=O)O. The van der Waals surface area contributed by atoms with Crippen LogP contribution in [0.25, 0.3) is 0 Å². The van der Waals surface area contributed by atoms with E-state index in [2.05, 4.69) is 6.58 Å². The van der Waals surface area contributed by atoms with E-state index in [1.807, 2.05) is 13.8 Å². The summed E-state index contributed by atoms with van der Waals surface area (Å²) in [5.41, 5.74) is 0. The zero-order valence-electron chi connectivity index (χ0n) is 10.8. The van der Waals surface area contributed by atoms with Gasteiger partial charge in [-0.15, -0.1) is 6.58 Å². The van der Waals surface area contributed by atoms with Crippen LogP contribution in [0.15, 0.2) is 12.7 Å². The number of amides is 2. The molecule has 17 heavy (non-hydrogen) atoms. The molecule has 0 bridgehead atoms. The van der Waals surface area contributed by atoms with Crippen LogP contribution in [0.3, 0.4) is 0 Å². The lowest BCUT2D eigenvalue weighted by atomic mass is 10.2. The molecule has 1 unspecified atom stereocenters. The fourth-order valence-electron chi connectivity index (χ4n) is 1.68. The average Bonchev–Trinajstić information content (AvgIpc) is 2.25. The number of carbonyl (C=O) groups is 2. The van der Waals surface area contributed by atoms with Crippen molar-refractivity contribution in [2.75, 3.05) is 19.6 Å². The van der Waals surface area contributed by atoms with Crippen LogP contribution in [0.4, 0.5) is 4.79 Å². The van der Waals surface area contributed by atoms with Gasteiger partial charge in [-0.3, -0.25) is 4.79 Å². The molecule has 1 atom stereocenters. The molecule has 0 fully saturated rings. The first-order valence-electron chi connectivity index (χ1n) is 5.86.